The summed E-state index contributed by atoms with van der Waals surface area (Å²) >= 11 is 0. The molecule has 0 saturated heterocycles. The molecule has 2 heteroatoms. The predicted octanol–water partition coefficient (Wildman–Crippen LogP) is 3.47. The van der Waals surface area contributed by atoms with E-state index in [1.165, 1.54) is 19.3 Å². The number of hydrogen-bond acceptors (Lipinski definition) is 2. The first kappa shape index (κ1) is 11.0. The summed E-state index contributed by atoms with van der Waals surface area (Å²) in [6, 6.07) is 0. The minimum absolute atomic E-state index is 0.244. The molecule has 1 fully saturated rings. The molecule has 0 heterocycles. The van der Waals surface area contributed by atoms with Gasteiger partial charge in [0.05, 0.1) is 0 Å². The second-order valence-electron chi connectivity index (χ2n) is 4.75. The van der Waals surface area contributed by atoms with E-state index in [1.54, 1.807) is 0 Å². The largest absolute Gasteiger partial charge is 0.251 e. The van der Waals surface area contributed by atoms with Gasteiger partial charge >= 0.3 is 0 Å². The summed E-state index contributed by atoms with van der Waals surface area (Å²) in [7, 11) is 0. The summed E-state index contributed by atoms with van der Waals surface area (Å²) in [6.45, 7) is 6.58. The van der Waals surface area contributed by atoms with Gasteiger partial charge in [0.25, 0.3) is 0 Å². The topological polar surface area (TPSA) is 29.5 Å². The normalized spacial score (nSPS) is 24.7. The molecular formula is C11H22O2. The molecule has 1 N–H and O–H groups in total. The molecular weight excluding hydrogens is 164 g/mol. The molecule has 1 atom stereocenters. The quantitative estimate of drug-likeness (QED) is 0.540. The SMILES string of the molecule is CC(C)C(C)C1(OO)CCCCC1. The van der Waals surface area contributed by atoms with Crippen LogP contribution in [-0.2, 0) is 4.89 Å². The van der Waals surface area contributed by atoms with Crippen molar-refractivity contribution >= 4 is 0 Å². The summed E-state index contributed by atoms with van der Waals surface area (Å²) < 4.78 is 0. The Hall–Kier alpha value is -0.0800. The summed E-state index contributed by atoms with van der Waals surface area (Å²) in [5.41, 5.74) is -0.244. The standard InChI is InChI=1S/C11H22O2/c1-9(2)10(3)11(13-12)7-5-4-6-8-11/h9-10,12H,4-8H2,1-3H3. The van der Waals surface area contributed by atoms with E-state index in [0.29, 0.717) is 11.8 Å². The highest BCUT2D eigenvalue weighted by Gasteiger charge is 2.40. The molecule has 0 aliphatic heterocycles. The van der Waals surface area contributed by atoms with E-state index in [0.717, 1.165) is 12.8 Å². The van der Waals surface area contributed by atoms with Crippen molar-refractivity contribution in [2.24, 2.45) is 11.8 Å². The van der Waals surface area contributed by atoms with Crippen molar-refractivity contribution in [3.63, 3.8) is 0 Å². The first-order valence-corrected chi connectivity index (χ1v) is 5.45. The lowest BCUT2D eigenvalue weighted by Gasteiger charge is -2.40. The lowest BCUT2D eigenvalue weighted by molar-refractivity contribution is -0.347. The van der Waals surface area contributed by atoms with Gasteiger partial charge in [0.2, 0.25) is 0 Å². The summed E-state index contributed by atoms with van der Waals surface area (Å²) in [6.07, 6.45) is 5.71. The Morgan fingerprint density at radius 2 is 1.62 bits per heavy atom. The molecule has 0 spiro atoms. The van der Waals surface area contributed by atoms with Gasteiger partial charge in [-0.25, -0.2) is 4.89 Å². The third kappa shape index (κ3) is 2.23. The van der Waals surface area contributed by atoms with Gasteiger partial charge in [0.1, 0.15) is 5.60 Å². The molecule has 1 unspecified atom stereocenters. The monoisotopic (exact) mass is 186 g/mol. The molecule has 0 aromatic rings. The maximum absolute atomic E-state index is 9.06. The molecule has 0 aromatic carbocycles. The zero-order chi connectivity index (χ0) is 9.90. The van der Waals surface area contributed by atoms with Crippen LogP contribution >= 0.6 is 0 Å². The average molecular weight is 186 g/mol. The first-order chi connectivity index (χ1) is 6.12. The van der Waals surface area contributed by atoms with E-state index in [2.05, 4.69) is 20.8 Å². The van der Waals surface area contributed by atoms with Crippen molar-refractivity contribution in [3.8, 4) is 0 Å². The van der Waals surface area contributed by atoms with Gasteiger partial charge < -0.3 is 0 Å². The van der Waals surface area contributed by atoms with E-state index >= 15 is 0 Å². The van der Waals surface area contributed by atoms with Crippen molar-refractivity contribution in [3.05, 3.63) is 0 Å². The molecule has 0 amide bonds. The highest BCUT2D eigenvalue weighted by atomic mass is 17.1. The fourth-order valence-electron chi connectivity index (χ4n) is 2.39. The maximum Gasteiger partial charge on any atom is 0.106 e. The van der Waals surface area contributed by atoms with Gasteiger partial charge in [-0.1, -0.05) is 40.0 Å². The van der Waals surface area contributed by atoms with Crippen molar-refractivity contribution in [1.29, 1.82) is 0 Å². The lowest BCUT2D eigenvalue weighted by Crippen LogP contribution is -2.43. The highest BCUT2D eigenvalue weighted by Crippen LogP contribution is 2.40. The summed E-state index contributed by atoms with van der Waals surface area (Å²) in [5, 5.41) is 9.06. The molecule has 1 saturated carbocycles. The van der Waals surface area contributed by atoms with E-state index in [1.807, 2.05) is 0 Å². The maximum atomic E-state index is 9.06. The smallest absolute Gasteiger partial charge is 0.106 e. The molecule has 0 aromatic heterocycles. The van der Waals surface area contributed by atoms with Crippen LogP contribution in [-0.4, -0.2) is 10.9 Å². The van der Waals surface area contributed by atoms with Crippen LogP contribution in [0.2, 0.25) is 0 Å². The van der Waals surface area contributed by atoms with Gasteiger partial charge in [-0.15, -0.1) is 0 Å². The molecule has 2 nitrogen and oxygen atoms in total. The van der Waals surface area contributed by atoms with Crippen LogP contribution in [0.3, 0.4) is 0 Å². The van der Waals surface area contributed by atoms with E-state index in [4.69, 9.17) is 10.1 Å². The zero-order valence-corrected chi connectivity index (χ0v) is 9.05. The van der Waals surface area contributed by atoms with Crippen LogP contribution in [0.5, 0.6) is 0 Å². The van der Waals surface area contributed by atoms with Crippen LogP contribution in [0.1, 0.15) is 52.9 Å². The molecule has 0 bridgehead atoms. The Bertz CT molecular complexity index is 148. The lowest BCUT2D eigenvalue weighted by atomic mass is 9.72. The number of rotatable bonds is 3. The molecule has 78 valence electrons. The molecule has 0 radical (unpaired) electrons. The van der Waals surface area contributed by atoms with Gasteiger partial charge in [-0.2, -0.15) is 0 Å². The van der Waals surface area contributed by atoms with Gasteiger partial charge in [0, 0.05) is 0 Å². The Labute approximate surface area is 81.2 Å². The third-order valence-corrected chi connectivity index (χ3v) is 3.71. The van der Waals surface area contributed by atoms with Gasteiger partial charge in [-0.3, -0.25) is 5.26 Å². The minimum Gasteiger partial charge on any atom is -0.251 e. The van der Waals surface area contributed by atoms with Crippen molar-refractivity contribution < 1.29 is 10.1 Å². The Kier molecular flexibility index (Phi) is 3.74. The predicted molar refractivity (Wildman–Crippen MR) is 53.5 cm³/mol. The van der Waals surface area contributed by atoms with Gasteiger partial charge in [-0.05, 0) is 24.7 Å². The number of hydrogen-bond donors (Lipinski definition) is 1. The van der Waals surface area contributed by atoms with Crippen LogP contribution in [0, 0.1) is 11.8 Å². The van der Waals surface area contributed by atoms with Crippen LogP contribution < -0.4 is 0 Å². The fraction of sp³-hybridized carbons (Fsp3) is 1.00. The molecule has 1 rings (SSSR count). The Morgan fingerprint density at radius 3 is 2.00 bits per heavy atom. The van der Waals surface area contributed by atoms with E-state index in [-0.39, 0.29) is 5.60 Å². The fourth-order valence-corrected chi connectivity index (χ4v) is 2.39. The highest BCUT2D eigenvalue weighted by molar-refractivity contribution is 4.89. The van der Waals surface area contributed by atoms with E-state index < -0.39 is 0 Å². The summed E-state index contributed by atoms with van der Waals surface area (Å²) in [5.74, 6) is 1.02. The van der Waals surface area contributed by atoms with Crippen LogP contribution in [0.25, 0.3) is 0 Å². The van der Waals surface area contributed by atoms with Crippen LogP contribution in [0.15, 0.2) is 0 Å². The van der Waals surface area contributed by atoms with Crippen molar-refractivity contribution in [2.75, 3.05) is 0 Å². The Morgan fingerprint density at radius 1 is 1.08 bits per heavy atom. The second kappa shape index (κ2) is 4.43. The van der Waals surface area contributed by atoms with Gasteiger partial charge in [0.15, 0.2) is 0 Å². The first-order valence-electron chi connectivity index (χ1n) is 5.45. The van der Waals surface area contributed by atoms with Crippen LogP contribution in [0.4, 0.5) is 0 Å². The Balaban J connectivity index is 2.66. The minimum atomic E-state index is -0.244. The third-order valence-electron chi connectivity index (χ3n) is 3.71. The summed E-state index contributed by atoms with van der Waals surface area (Å²) in [4.78, 5) is 4.80. The second-order valence-corrected chi connectivity index (χ2v) is 4.75. The molecule has 1 aliphatic rings. The average Bonchev–Trinajstić information content (AvgIpc) is 2.17. The molecule has 1 aliphatic carbocycles. The van der Waals surface area contributed by atoms with E-state index in [9.17, 15) is 0 Å². The van der Waals surface area contributed by atoms with Crippen molar-refractivity contribution in [1.82, 2.24) is 0 Å². The molecule has 13 heavy (non-hydrogen) atoms. The van der Waals surface area contributed by atoms with Crippen molar-refractivity contribution in [2.45, 2.75) is 58.5 Å². The zero-order valence-electron chi connectivity index (χ0n) is 9.05.